The number of nitrogens with two attached hydrogens (primary N) is 1. The van der Waals surface area contributed by atoms with Crippen molar-refractivity contribution < 1.29 is 13.9 Å². The van der Waals surface area contributed by atoms with Gasteiger partial charge >= 0.3 is 0 Å². The first kappa shape index (κ1) is 15.5. The minimum atomic E-state index is -0.484. The topological polar surface area (TPSA) is 64.3 Å². The lowest BCUT2D eigenvalue weighted by atomic mass is 10.2. The Bertz CT molecular complexity index is 649. The minimum absolute atomic E-state index is 0.137. The molecule has 6 heteroatoms. The third-order valence-electron chi connectivity index (χ3n) is 2.67. The van der Waals surface area contributed by atoms with E-state index in [1.807, 2.05) is 0 Å². The van der Waals surface area contributed by atoms with Gasteiger partial charge in [0.05, 0.1) is 10.0 Å². The number of carbonyl (C=O) groups is 1. The van der Waals surface area contributed by atoms with Crippen molar-refractivity contribution in [2.45, 2.75) is 0 Å². The van der Waals surface area contributed by atoms with Crippen LogP contribution in [0.1, 0.15) is 10.4 Å². The van der Waals surface area contributed by atoms with Crippen LogP contribution in [0.5, 0.6) is 5.75 Å². The van der Waals surface area contributed by atoms with Gasteiger partial charge in [-0.2, -0.15) is 0 Å². The largest absolute Gasteiger partial charge is 0.492 e. The fraction of sp³-hybridized carbons (Fsp3) is 0.133. The maximum Gasteiger partial charge on any atom is 0.256 e. The van der Waals surface area contributed by atoms with Crippen LogP contribution in [0.4, 0.5) is 10.1 Å². The normalized spacial score (nSPS) is 10.2. The molecule has 2 aromatic rings. The molecule has 0 saturated carbocycles. The van der Waals surface area contributed by atoms with Crippen LogP contribution in [-0.2, 0) is 0 Å². The predicted molar refractivity (Wildman–Crippen MR) is 83.0 cm³/mol. The molecule has 0 unspecified atom stereocenters. The second-order valence-electron chi connectivity index (χ2n) is 4.22. The van der Waals surface area contributed by atoms with Crippen molar-refractivity contribution in [3.63, 3.8) is 0 Å². The van der Waals surface area contributed by atoms with Crippen LogP contribution in [-0.4, -0.2) is 19.1 Å². The molecule has 0 aliphatic carbocycles. The molecule has 0 spiro atoms. The van der Waals surface area contributed by atoms with Crippen LogP contribution in [0.2, 0.25) is 0 Å². The summed E-state index contributed by atoms with van der Waals surface area (Å²) in [5, 5.41) is 2.70. The van der Waals surface area contributed by atoms with Gasteiger partial charge in [0.2, 0.25) is 0 Å². The highest BCUT2D eigenvalue weighted by Crippen LogP contribution is 2.23. The van der Waals surface area contributed by atoms with Crippen molar-refractivity contribution in [1.82, 2.24) is 0 Å². The van der Waals surface area contributed by atoms with E-state index in [1.54, 1.807) is 24.3 Å². The monoisotopic (exact) mass is 352 g/mol. The van der Waals surface area contributed by atoms with Gasteiger partial charge < -0.3 is 15.8 Å². The van der Waals surface area contributed by atoms with E-state index < -0.39 is 11.7 Å². The van der Waals surface area contributed by atoms with Crippen LogP contribution in [0.15, 0.2) is 46.9 Å². The molecule has 0 radical (unpaired) electrons. The van der Waals surface area contributed by atoms with Gasteiger partial charge in [0.1, 0.15) is 18.2 Å². The van der Waals surface area contributed by atoms with Crippen LogP contribution in [0, 0.1) is 5.82 Å². The number of carbonyl (C=O) groups excluding carboxylic acids is 1. The summed E-state index contributed by atoms with van der Waals surface area (Å²) >= 11 is 3.07. The van der Waals surface area contributed by atoms with Crippen LogP contribution in [0.25, 0.3) is 0 Å². The quantitative estimate of drug-likeness (QED) is 0.868. The lowest BCUT2D eigenvalue weighted by Crippen LogP contribution is -2.13. The summed E-state index contributed by atoms with van der Waals surface area (Å²) in [6, 6.07) is 11.2. The van der Waals surface area contributed by atoms with Gasteiger partial charge in [0.15, 0.2) is 0 Å². The summed E-state index contributed by atoms with van der Waals surface area (Å²) in [5.74, 6) is -0.281. The molecule has 2 rings (SSSR count). The zero-order valence-corrected chi connectivity index (χ0v) is 12.7. The number of rotatable bonds is 5. The summed E-state index contributed by atoms with van der Waals surface area (Å²) in [6.07, 6.45) is 0. The number of ether oxygens (including phenoxy) is 1. The van der Waals surface area contributed by atoms with Gasteiger partial charge in [0, 0.05) is 18.3 Å². The molecule has 0 atom stereocenters. The molecule has 0 saturated heterocycles. The van der Waals surface area contributed by atoms with E-state index in [4.69, 9.17) is 10.5 Å². The van der Waals surface area contributed by atoms with Gasteiger partial charge in [-0.15, -0.1) is 0 Å². The number of anilines is 1. The SMILES string of the molecule is NCCOc1cccc(NC(=O)c2cccc(F)c2Br)c1. The zero-order chi connectivity index (χ0) is 15.2. The first-order valence-electron chi connectivity index (χ1n) is 6.30. The standard InChI is InChI=1S/C15H14BrFN2O2/c16-14-12(5-2-6-13(14)17)15(20)19-10-3-1-4-11(9-10)21-8-7-18/h1-6,9H,7-8,18H2,(H,19,20). The van der Waals surface area contributed by atoms with Crippen molar-refractivity contribution in [3.05, 3.63) is 58.3 Å². The predicted octanol–water partition coefficient (Wildman–Crippen LogP) is 3.18. The van der Waals surface area contributed by atoms with E-state index in [0.29, 0.717) is 24.6 Å². The first-order valence-corrected chi connectivity index (χ1v) is 7.09. The number of halogens is 2. The molecule has 4 nitrogen and oxygen atoms in total. The second-order valence-corrected chi connectivity index (χ2v) is 5.01. The summed E-state index contributed by atoms with van der Waals surface area (Å²) in [5.41, 5.74) is 6.15. The average Bonchev–Trinajstić information content (AvgIpc) is 2.48. The molecule has 0 fully saturated rings. The Labute approximate surface area is 130 Å². The molecule has 110 valence electrons. The molecular formula is C15H14BrFN2O2. The fourth-order valence-corrected chi connectivity index (χ4v) is 2.16. The number of nitrogens with one attached hydrogen (secondary N) is 1. The molecule has 0 aliphatic heterocycles. The molecule has 0 aliphatic rings. The van der Waals surface area contributed by atoms with Gasteiger partial charge in [0.25, 0.3) is 5.91 Å². The van der Waals surface area contributed by atoms with Gasteiger partial charge in [-0.1, -0.05) is 12.1 Å². The van der Waals surface area contributed by atoms with Gasteiger partial charge in [-0.3, -0.25) is 4.79 Å². The van der Waals surface area contributed by atoms with Crippen LogP contribution in [0.3, 0.4) is 0 Å². The van der Waals surface area contributed by atoms with Crippen molar-refractivity contribution in [2.75, 3.05) is 18.5 Å². The third kappa shape index (κ3) is 4.03. The fourth-order valence-electron chi connectivity index (χ4n) is 1.72. The highest BCUT2D eigenvalue weighted by atomic mass is 79.9. The number of amides is 1. The van der Waals surface area contributed by atoms with E-state index in [0.717, 1.165) is 0 Å². The number of benzene rings is 2. The Morgan fingerprint density at radius 3 is 2.81 bits per heavy atom. The van der Waals surface area contributed by atoms with Crippen LogP contribution >= 0.6 is 15.9 Å². The Morgan fingerprint density at radius 2 is 2.05 bits per heavy atom. The summed E-state index contributed by atoms with van der Waals surface area (Å²) in [7, 11) is 0. The zero-order valence-electron chi connectivity index (χ0n) is 11.1. The second kappa shape index (κ2) is 7.19. The summed E-state index contributed by atoms with van der Waals surface area (Å²) < 4.78 is 18.9. The average molecular weight is 353 g/mol. The molecule has 2 aromatic carbocycles. The Balaban J connectivity index is 2.14. The molecule has 21 heavy (non-hydrogen) atoms. The highest BCUT2D eigenvalue weighted by Gasteiger charge is 2.13. The van der Waals surface area contributed by atoms with E-state index >= 15 is 0 Å². The molecule has 0 bridgehead atoms. The first-order chi connectivity index (χ1) is 10.1. The van der Waals surface area contributed by atoms with Crippen LogP contribution < -0.4 is 15.8 Å². The van der Waals surface area contributed by atoms with Crippen molar-refractivity contribution in [2.24, 2.45) is 5.73 Å². The maximum absolute atomic E-state index is 13.4. The summed E-state index contributed by atoms with van der Waals surface area (Å²) in [4.78, 5) is 12.1. The Hall–Kier alpha value is -1.92. The van der Waals surface area contributed by atoms with Gasteiger partial charge in [-0.05, 0) is 40.2 Å². The van der Waals surface area contributed by atoms with Crippen molar-refractivity contribution in [1.29, 1.82) is 0 Å². The molecule has 0 aromatic heterocycles. The summed E-state index contributed by atoms with van der Waals surface area (Å²) in [6.45, 7) is 0.805. The van der Waals surface area contributed by atoms with Crippen molar-refractivity contribution >= 4 is 27.5 Å². The lowest BCUT2D eigenvalue weighted by Gasteiger charge is -2.09. The maximum atomic E-state index is 13.4. The molecule has 0 heterocycles. The van der Waals surface area contributed by atoms with E-state index in [1.165, 1.54) is 18.2 Å². The number of hydrogen-bond acceptors (Lipinski definition) is 3. The Kier molecular flexibility index (Phi) is 5.30. The Morgan fingerprint density at radius 1 is 1.29 bits per heavy atom. The third-order valence-corrected chi connectivity index (χ3v) is 3.48. The number of hydrogen-bond donors (Lipinski definition) is 2. The van der Waals surface area contributed by atoms with E-state index in [2.05, 4.69) is 21.2 Å². The van der Waals surface area contributed by atoms with E-state index in [-0.39, 0.29) is 10.0 Å². The van der Waals surface area contributed by atoms with E-state index in [9.17, 15) is 9.18 Å². The lowest BCUT2D eigenvalue weighted by molar-refractivity contribution is 0.102. The molecular weight excluding hydrogens is 339 g/mol. The highest BCUT2D eigenvalue weighted by molar-refractivity contribution is 9.10. The molecule has 1 amide bonds. The smallest absolute Gasteiger partial charge is 0.256 e. The van der Waals surface area contributed by atoms with Gasteiger partial charge in [-0.25, -0.2) is 4.39 Å². The molecule has 3 N–H and O–H groups in total. The minimum Gasteiger partial charge on any atom is -0.492 e. The van der Waals surface area contributed by atoms with Crippen molar-refractivity contribution in [3.8, 4) is 5.75 Å².